The van der Waals surface area contributed by atoms with E-state index in [1.807, 2.05) is 0 Å². The van der Waals surface area contributed by atoms with Crippen molar-refractivity contribution in [1.29, 1.82) is 0 Å². The maximum atomic E-state index is 9.91. The van der Waals surface area contributed by atoms with Crippen LogP contribution in [0.15, 0.2) is 0 Å². The Labute approximate surface area is 87.3 Å². The first kappa shape index (κ1) is 10.4. The summed E-state index contributed by atoms with van der Waals surface area (Å²) in [6.07, 6.45) is 5.16. The molecule has 0 amide bonds. The first-order chi connectivity index (χ1) is 6.66. The molecule has 0 aromatic rings. The molecule has 2 aliphatic rings. The molecule has 0 saturated heterocycles. The van der Waals surface area contributed by atoms with Crippen molar-refractivity contribution in [2.24, 2.45) is 11.8 Å². The average molecular weight is 197 g/mol. The van der Waals surface area contributed by atoms with Crippen LogP contribution in [-0.4, -0.2) is 35.2 Å². The van der Waals surface area contributed by atoms with Crippen molar-refractivity contribution < 1.29 is 5.11 Å². The maximum absolute atomic E-state index is 9.91. The number of aliphatic hydroxyl groups is 1. The second kappa shape index (κ2) is 4.19. The van der Waals surface area contributed by atoms with Crippen molar-refractivity contribution >= 4 is 0 Å². The largest absolute Gasteiger partial charge is 0.392 e. The molecule has 1 atom stereocenters. The number of rotatable bonds is 6. The lowest BCUT2D eigenvalue weighted by molar-refractivity contribution is 0.0852. The lowest BCUT2D eigenvalue weighted by atomic mass is 10.1. The van der Waals surface area contributed by atoms with Crippen LogP contribution < -0.4 is 0 Å². The van der Waals surface area contributed by atoms with Crippen molar-refractivity contribution in [2.75, 3.05) is 13.1 Å². The summed E-state index contributed by atoms with van der Waals surface area (Å²) in [5.74, 6) is 1.35. The lowest BCUT2D eigenvalue weighted by Gasteiger charge is -2.26. The maximum Gasteiger partial charge on any atom is 0.0695 e. The van der Waals surface area contributed by atoms with Crippen LogP contribution in [0.2, 0.25) is 0 Å². The highest BCUT2D eigenvalue weighted by Gasteiger charge is 2.35. The molecule has 1 unspecified atom stereocenters. The van der Waals surface area contributed by atoms with Crippen molar-refractivity contribution in [1.82, 2.24) is 4.90 Å². The first-order valence-electron chi connectivity index (χ1n) is 6.09. The summed E-state index contributed by atoms with van der Waals surface area (Å²) >= 11 is 0. The van der Waals surface area contributed by atoms with Crippen LogP contribution in [0.5, 0.6) is 0 Å². The summed E-state index contributed by atoms with van der Waals surface area (Å²) in [5.41, 5.74) is 0. The van der Waals surface area contributed by atoms with Crippen molar-refractivity contribution in [2.45, 2.75) is 51.7 Å². The number of aliphatic hydroxyl groups excluding tert-OH is 1. The summed E-state index contributed by atoms with van der Waals surface area (Å²) in [5, 5.41) is 9.91. The molecule has 2 aliphatic carbocycles. The van der Waals surface area contributed by atoms with Gasteiger partial charge < -0.3 is 5.11 Å². The SMILES string of the molecule is CC(C)CN(CC(O)C1CC1)C1CC1. The van der Waals surface area contributed by atoms with Gasteiger partial charge in [-0.25, -0.2) is 0 Å². The molecule has 0 aromatic heterocycles. The van der Waals surface area contributed by atoms with Gasteiger partial charge in [-0.3, -0.25) is 4.90 Å². The van der Waals surface area contributed by atoms with Gasteiger partial charge in [0.05, 0.1) is 6.10 Å². The Bertz CT molecular complexity index is 185. The fourth-order valence-corrected chi connectivity index (χ4v) is 2.15. The van der Waals surface area contributed by atoms with Crippen molar-refractivity contribution in [3.8, 4) is 0 Å². The van der Waals surface area contributed by atoms with Gasteiger partial charge in [0.1, 0.15) is 0 Å². The molecule has 1 N–H and O–H groups in total. The van der Waals surface area contributed by atoms with Crippen LogP contribution in [0.3, 0.4) is 0 Å². The van der Waals surface area contributed by atoms with Crippen LogP contribution >= 0.6 is 0 Å². The highest BCUT2D eigenvalue weighted by atomic mass is 16.3. The molecule has 14 heavy (non-hydrogen) atoms. The Hall–Kier alpha value is -0.0800. The van der Waals surface area contributed by atoms with E-state index >= 15 is 0 Å². The van der Waals surface area contributed by atoms with E-state index in [0.717, 1.165) is 25.0 Å². The lowest BCUT2D eigenvalue weighted by Crippen LogP contribution is -2.37. The molecule has 82 valence electrons. The fourth-order valence-electron chi connectivity index (χ4n) is 2.15. The van der Waals surface area contributed by atoms with Crippen LogP contribution in [0.25, 0.3) is 0 Å². The van der Waals surface area contributed by atoms with Crippen LogP contribution in [-0.2, 0) is 0 Å². The van der Waals surface area contributed by atoms with Gasteiger partial charge in [-0.2, -0.15) is 0 Å². The van der Waals surface area contributed by atoms with Crippen LogP contribution in [0.4, 0.5) is 0 Å². The fraction of sp³-hybridized carbons (Fsp3) is 1.00. The molecule has 0 aromatic carbocycles. The Morgan fingerprint density at radius 3 is 2.21 bits per heavy atom. The first-order valence-corrected chi connectivity index (χ1v) is 6.09. The zero-order valence-corrected chi connectivity index (χ0v) is 9.45. The molecule has 0 radical (unpaired) electrons. The quantitative estimate of drug-likeness (QED) is 0.703. The van der Waals surface area contributed by atoms with Gasteiger partial charge in [0.25, 0.3) is 0 Å². The molecule has 2 saturated carbocycles. The van der Waals surface area contributed by atoms with Gasteiger partial charge in [0.2, 0.25) is 0 Å². The highest BCUT2D eigenvalue weighted by Crippen LogP contribution is 2.35. The van der Waals surface area contributed by atoms with Gasteiger partial charge >= 0.3 is 0 Å². The van der Waals surface area contributed by atoms with Crippen LogP contribution in [0, 0.1) is 11.8 Å². The van der Waals surface area contributed by atoms with Crippen molar-refractivity contribution in [3.05, 3.63) is 0 Å². The van der Waals surface area contributed by atoms with Gasteiger partial charge in [-0.05, 0) is 37.5 Å². The van der Waals surface area contributed by atoms with E-state index in [2.05, 4.69) is 18.7 Å². The van der Waals surface area contributed by atoms with E-state index in [1.165, 1.54) is 25.7 Å². The van der Waals surface area contributed by atoms with E-state index in [4.69, 9.17) is 0 Å². The predicted molar refractivity (Wildman–Crippen MR) is 58.2 cm³/mol. The molecule has 0 spiro atoms. The minimum absolute atomic E-state index is 0.0469. The summed E-state index contributed by atoms with van der Waals surface area (Å²) < 4.78 is 0. The van der Waals surface area contributed by atoms with Crippen LogP contribution in [0.1, 0.15) is 39.5 Å². The smallest absolute Gasteiger partial charge is 0.0695 e. The monoisotopic (exact) mass is 197 g/mol. The molecule has 2 rings (SSSR count). The number of hydrogen-bond donors (Lipinski definition) is 1. The average Bonchev–Trinajstić information content (AvgIpc) is 2.96. The van der Waals surface area contributed by atoms with E-state index in [-0.39, 0.29) is 6.10 Å². The third-order valence-corrected chi connectivity index (χ3v) is 3.25. The molecule has 2 nitrogen and oxygen atoms in total. The Balaban J connectivity index is 1.77. The van der Waals surface area contributed by atoms with E-state index in [1.54, 1.807) is 0 Å². The highest BCUT2D eigenvalue weighted by molar-refractivity contribution is 4.89. The van der Waals surface area contributed by atoms with Crippen molar-refractivity contribution in [3.63, 3.8) is 0 Å². The molecule has 2 fully saturated rings. The van der Waals surface area contributed by atoms with Gasteiger partial charge in [0.15, 0.2) is 0 Å². The number of hydrogen-bond acceptors (Lipinski definition) is 2. The third kappa shape index (κ3) is 2.96. The minimum atomic E-state index is -0.0469. The zero-order valence-electron chi connectivity index (χ0n) is 9.45. The summed E-state index contributed by atoms with van der Waals surface area (Å²) in [6.45, 7) is 6.61. The Morgan fingerprint density at radius 1 is 1.14 bits per heavy atom. The molecular formula is C12H23NO. The topological polar surface area (TPSA) is 23.5 Å². The predicted octanol–water partition coefficient (Wildman–Crippen LogP) is 1.88. The van der Waals surface area contributed by atoms with Gasteiger partial charge in [0, 0.05) is 19.1 Å². The minimum Gasteiger partial charge on any atom is -0.392 e. The number of nitrogens with zero attached hydrogens (tertiary/aromatic N) is 1. The summed E-state index contributed by atoms with van der Waals surface area (Å²) in [6, 6.07) is 0.797. The second-order valence-corrected chi connectivity index (χ2v) is 5.48. The summed E-state index contributed by atoms with van der Waals surface area (Å²) in [4.78, 5) is 2.51. The molecule has 0 aliphatic heterocycles. The standard InChI is InChI=1S/C12H23NO/c1-9(2)7-13(11-5-6-11)8-12(14)10-3-4-10/h9-12,14H,3-8H2,1-2H3. The van der Waals surface area contributed by atoms with E-state index in [0.29, 0.717) is 5.92 Å². The zero-order chi connectivity index (χ0) is 10.1. The molecule has 2 heteroatoms. The Morgan fingerprint density at radius 2 is 1.79 bits per heavy atom. The molecule has 0 bridgehead atoms. The normalized spacial score (nSPS) is 24.6. The third-order valence-electron chi connectivity index (χ3n) is 3.25. The van der Waals surface area contributed by atoms with Gasteiger partial charge in [-0.15, -0.1) is 0 Å². The molecule has 0 heterocycles. The van der Waals surface area contributed by atoms with Gasteiger partial charge in [-0.1, -0.05) is 13.8 Å². The van der Waals surface area contributed by atoms with E-state index in [9.17, 15) is 5.11 Å². The Kier molecular flexibility index (Phi) is 3.13. The van der Waals surface area contributed by atoms with E-state index < -0.39 is 0 Å². The molecular weight excluding hydrogens is 174 g/mol. The second-order valence-electron chi connectivity index (χ2n) is 5.48. The summed E-state index contributed by atoms with van der Waals surface area (Å²) in [7, 11) is 0.